The van der Waals surface area contributed by atoms with Crippen molar-refractivity contribution in [2.24, 2.45) is 0 Å². The molecule has 78 valence electrons. The van der Waals surface area contributed by atoms with Crippen molar-refractivity contribution in [3.63, 3.8) is 0 Å². The van der Waals surface area contributed by atoms with E-state index >= 15 is 0 Å². The average Bonchev–Trinajstić information content (AvgIpc) is 2.61. The molecule has 0 amide bonds. The number of aryl methyl sites for hydroxylation is 1. The second-order valence-electron chi connectivity index (χ2n) is 3.50. The van der Waals surface area contributed by atoms with Gasteiger partial charge in [-0.3, -0.25) is 0 Å². The van der Waals surface area contributed by atoms with Gasteiger partial charge in [-0.05, 0) is 26.0 Å². The van der Waals surface area contributed by atoms with Gasteiger partial charge in [0.1, 0.15) is 5.69 Å². The number of alkyl halides is 1. The fourth-order valence-corrected chi connectivity index (χ4v) is 1.66. The predicted octanol–water partition coefficient (Wildman–Crippen LogP) is 2.62. The number of hydrogen-bond donors (Lipinski definition) is 0. The number of benzene rings is 1. The predicted molar refractivity (Wildman–Crippen MR) is 60.4 cm³/mol. The molecule has 0 bridgehead atoms. The van der Waals surface area contributed by atoms with Crippen molar-refractivity contribution in [1.82, 2.24) is 15.0 Å². The average molecular weight is 222 g/mol. The SMILES string of the molecule is Cc1ccc(-n2nnc(CCl)c2C)cc1. The Hall–Kier alpha value is -1.35. The minimum absolute atomic E-state index is 0.400. The normalized spacial score (nSPS) is 10.6. The van der Waals surface area contributed by atoms with Crippen LogP contribution in [0, 0.1) is 13.8 Å². The lowest BCUT2D eigenvalue weighted by Gasteiger charge is -2.03. The van der Waals surface area contributed by atoms with Crippen molar-refractivity contribution < 1.29 is 0 Å². The first-order valence-corrected chi connectivity index (χ1v) is 5.30. The maximum atomic E-state index is 5.74. The zero-order valence-corrected chi connectivity index (χ0v) is 9.49. The number of halogens is 1. The highest BCUT2D eigenvalue weighted by molar-refractivity contribution is 6.16. The van der Waals surface area contributed by atoms with Crippen LogP contribution in [0.2, 0.25) is 0 Å². The first kappa shape index (κ1) is 10.2. The van der Waals surface area contributed by atoms with Crippen LogP contribution in [0.25, 0.3) is 5.69 Å². The van der Waals surface area contributed by atoms with E-state index in [1.54, 1.807) is 4.68 Å². The second-order valence-corrected chi connectivity index (χ2v) is 3.77. The molecular weight excluding hydrogens is 210 g/mol. The summed E-state index contributed by atoms with van der Waals surface area (Å²) in [6, 6.07) is 8.15. The molecule has 0 radical (unpaired) electrons. The molecule has 0 unspecified atom stereocenters. The summed E-state index contributed by atoms with van der Waals surface area (Å²) in [7, 11) is 0. The first-order valence-electron chi connectivity index (χ1n) is 4.76. The van der Waals surface area contributed by atoms with Crippen molar-refractivity contribution in [2.75, 3.05) is 0 Å². The van der Waals surface area contributed by atoms with Gasteiger partial charge in [-0.2, -0.15) is 0 Å². The third-order valence-corrected chi connectivity index (χ3v) is 2.65. The Morgan fingerprint density at radius 2 is 1.87 bits per heavy atom. The van der Waals surface area contributed by atoms with E-state index in [4.69, 9.17) is 11.6 Å². The molecule has 0 N–H and O–H groups in total. The van der Waals surface area contributed by atoms with E-state index in [1.807, 2.05) is 19.1 Å². The van der Waals surface area contributed by atoms with E-state index in [0.29, 0.717) is 5.88 Å². The molecule has 15 heavy (non-hydrogen) atoms. The van der Waals surface area contributed by atoms with Crippen LogP contribution in [0.1, 0.15) is 17.0 Å². The summed E-state index contributed by atoms with van der Waals surface area (Å²) in [6.45, 7) is 4.03. The zero-order valence-electron chi connectivity index (χ0n) is 8.74. The van der Waals surface area contributed by atoms with E-state index in [9.17, 15) is 0 Å². The molecule has 1 aromatic carbocycles. The minimum Gasteiger partial charge on any atom is -0.218 e. The number of aromatic nitrogens is 3. The van der Waals surface area contributed by atoms with Crippen molar-refractivity contribution in [2.45, 2.75) is 19.7 Å². The van der Waals surface area contributed by atoms with Gasteiger partial charge in [-0.1, -0.05) is 22.9 Å². The molecule has 0 aliphatic heterocycles. The van der Waals surface area contributed by atoms with Crippen molar-refractivity contribution >= 4 is 11.6 Å². The Kier molecular flexibility index (Phi) is 2.73. The lowest BCUT2D eigenvalue weighted by Crippen LogP contribution is -1.99. The number of rotatable bonds is 2. The maximum absolute atomic E-state index is 5.74. The molecule has 4 heteroatoms. The van der Waals surface area contributed by atoms with Gasteiger partial charge in [0.05, 0.1) is 17.3 Å². The van der Waals surface area contributed by atoms with Gasteiger partial charge in [0, 0.05) is 0 Å². The van der Waals surface area contributed by atoms with E-state index in [2.05, 4.69) is 29.4 Å². The van der Waals surface area contributed by atoms with Crippen LogP contribution in [0.3, 0.4) is 0 Å². The third-order valence-electron chi connectivity index (χ3n) is 2.40. The van der Waals surface area contributed by atoms with Gasteiger partial charge in [0.25, 0.3) is 0 Å². The zero-order chi connectivity index (χ0) is 10.8. The molecule has 0 fully saturated rings. The van der Waals surface area contributed by atoms with Gasteiger partial charge in [0.15, 0.2) is 0 Å². The highest BCUT2D eigenvalue weighted by Gasteiger charge is 2.08. The van der Waals surface area contributed by atoms with E-state index < -0.39 is 0 Å². The van der Waals surface area contributed by atoms with Crippen molar-refractivity contribution in [3.05, 3.63) is 41.2 Å². The van der Waals surface area contributed by atoms with Gasteiger partial charge in [-0.25, -0.2) is 4.68 Å². The summed E-state index contributed by atoms with van der Waals surface area (Å²) in [5.41, 5.74) is 4.07. The van der Waals surface area contributed by atoms with Crippen LogP contribution < -0.4 is 0 Å². The number of nitrogens with zero attached hydrogens (tertiary/aromatic N) is 3. The molecule has 0 saturated carbocycles. The molecule has 0 saturated heterocycles. The highest BCUT2D eigenvalue weighted by Crippen LogP contribution is 2.13. The fourth-order valence-electron chi connectivity index (χ4n) is 1.42. The van der Waals surface area contributed by atoms with Crippen molar-refractivity contribution in [3.8, 4) is 5.69 Å². The summed E-state index contributed by atoms with van der Waals surface area (Å²) in [6.07, 6.45) is 0. The molecule has 0 aliphatic rings. The molecule has 2 rings (SSSR count). The Morgan fingerprint density at radius 3 is 2.40 bits per heavy atom. The number of hydrogen-bond acceptors (Lipinski definition) is 2. The maximum Gasteiger partial charge on any atom is 0.101 e. The fraction of sp³-hybridized carbons (Fsp3) is 0.273. The van der Waals surface area contributed by atoms with Crippen LogP contribution in [-0.4, -0.2) is 15.0 Å². The Morgan fingerprint density at radius 1 is 1.20 bits per heavy atom. The van der Waals surface area contributed by atoms with Gasteiger partial charge in [0.2, 0.25) is 0 Å². The minimum atomic E-state index is 0.400. The monoisotopic (exact) mass is 221 g/mol. The molecule has 2 aromatic rings. The van der Waals surface area contributed by atoms with Gasteiger partial charge < -0.3 is 0 Å². The molecule has 3 nitrogen and oxygen atoms in total. The van der Waals surface area contributed by atoms with Crippen LogP contribution in [0.15, 0.2) is 24.3 Å². The largest absolute Gasteiger partial charge is 0.218 e. The smallest absolute Gasteiger partial charge is 0.101 e. The van der Waals surface area contributed by atoms with E-state index in [-0.39, 0.29) is 0 Å². The summed E-state index contributed by atoms with van der Waals surface area (Å²) in [5.74, 6) is 0.400. The molecule has 0 spiro atoms. The Balaban J connectivity index is 2.45. The third kappa shape index (κ3) is 1.88. The van der Waals surface area contributed by atoms with Crippen molar-refractivity contribution in [1.29, 1.82) is 0 Å². The summed E-state index contributed by atoms with van der Waals surface area (Å²) in [4.78, 5) is 0. The topological polar surface area (TPSA) is 30.7 Å². The van der Waals surface area contributed by atoms with Gasteiger partial charge in [-0.15, -0.1) is 16.7 Å². The lowest BCUT2D eigenvalue weighted by molar-refractivity contribution is 0.784. The van der Waals surface area contributed by atoms with Crippen LogP contribution in [-0.2, 0) is 5.88 Å². The Bertz CT molecular complexity index is 459. The summed E-state index contributed by atoms with van der Waals surface area (Å²) >= 11 is 5.74. The standard InChI is InChI=1S/C11H12ClN3/c1-8-3-5-10(6-4-8)15-9(2)11(7-12)13-14-15/h3-6H,7H2,1-2H3. The van der Waals surface area contributed by atoms with Gasteiger partial charge >= 0.3 is 0 Å². The molecule has 1 aromatic heterocycles. The van der Waals surface area contributed by atoms with Crippen LogP contribution in [0.5, 0.6) is 0 Å². The Labute approximate surface area is 93.7 Å². The second kappa shape index (κ2) is 4.03. The van der Waals surface area contributed by atoms with E-state index in [1.165, 1.54) is 5.56 Å². The van der Waals surface area contributed by atoms with E-state index in [0.717, 1.165) is 17.1 Å². The first-order chi connectivity index (χ1) is 7.22. The van der Waals surface area contributed by atoms with Crippen LogP contribution in [0.4, 0.5) is 0 Å². The quantitative estimate of drug-likeness (QED) is 0.730. The molecular formula is C11H12ClN3. The van der Waals surface area contributed by atoms with Crippen LogP contribution >= 0.6 is 11.6 Å². The molecule has 0 atom stereocenters. The summed E-state index contributed by atoms with van der Waals surface area (Å²) in [5, 5.41) is 8.08. The lowest BCUT2D eigenvalue weighted by atomic mass is 10.2. The molecule has 0 aliphatic carbocycles. The summed E-state index contributed by atoms with van der Waals surface area (Å²) < 4.78 is 1.80. The molecule has 1 heterocycles. The highest BCUT2D eigenvalue weighted by atomic mass is 35.5.